The fourth-order valence-corrected chi connectivity index (χ4v) is 1.51. The number of hydrogen-bond acceptors (Lipinski definition) is 3. The van der Waals surface area contributed by atoms with Gasteiger partial charge in [0.25, 0.3) is 0 Å². The molecule has 0 unspecified atom stereocenters. The van der Waals surface area contributed by atoms with Crippen LogP contribution in [-0.2, 0) is 4.74 Å². The van der Waals surface area contributed by atoms with Gasteiger partial charge < -0.3 is 20.5 Å². The van der Waals surface area contributed by atoms with Crippen molar-refractivity contribution in [3.8, 4) is 0 Å². The van der Waals surface area contributed by atoms with E-state index in [0.29, 0.717) is 12.2 Å². The van der Waals surface area contributed by atoms with Crippen molar-refractivity contribution in [2.24, 2.45) is 0 Å². The molecule has 0 aliphatic heterocycles. The van der Waals surface area contributed by atoms with Crippen molar-refractivity contribution in [3.05, 3.63) is 28.8 Å². The van der Waals surface area contributed by atoms with E-state index < -0.39 is 17.6 Å². The van der Waals surface area contributed by atoms with Crippen LogP contribution < -0.4 is 10.6 Å². The fraction of sp³-hybridized carbons (Fsp3) is 0.385. The summed E-state index contributed by atoms with van der Waals surface area (Å²) >= 11 is 5.90. The molecule has 0 atom stereocenters. The highest BCUT2D eigenvalue weighted by Crippen LogP contribution is 2.23. The minimum atomic E-state index is -1.08. The van der Waals surface area contributed by atoms with Crippen LogP contribution in [0.25, 0.3) is 0 Å². The molecule has 3 N–H and O–H groups in total. The lowest BCUT2D eigenvalue weighted by molar-refractivity contribution is 0.0257. The predicted octanol–water partition coefficient (Wildman–Crippen LogP) is 2.58. The van der Waals surface area contributed by atoms with Gasteiger partial charge in [0.1, 0.15) is 0 Å². The number of ether oxygens (including phenoxy) is 1. The Morgan fingerprint density at radius 2 is 2.05 bits per heavy atom. The molecule has 20 heavy (non-hydrogen) atoms. The molecule has 1 aromatic carbocycles. The third kappa shape index (κ3) is 4.71. The Morgan fingerprint density at radius 1 is 1.40 bits per heavy atom. The molecule has 6 nitrogen and oxygen atoms in total. The summed E-state index contributed by atoms with van der Waals surface area (Å²) in [5.74, 6) is -1.08. The monoisotopic (exact) mass is 300 g/mol. The lowest BCUT2D eigenvalue weighted by Gasteiger charge is -2.23. The lowest BCUT2D eigenvalue weighted by atomic mass is 10.1. The number of carbonyl (C=O) groups excluding carboxylic acids is 1. The van der Waals surface area contributed by atoms with Crippen molar-refractivity contribution >= 4 is 29.3 Å². The van der Waals surface area contributed by atoms with Crippen LogP contribution in [0.1, 0.15) is 24.2 Å². The van der Waals surface area contributed by atoms with Gasteiger partial charge in [-0.25, -0.2) is 9.59 Å². The van der Waals surface area contributed by atoms with E-state index in [1.807, 2.05) is 13.8 Å². The second kappa shape index (κ2) is 6.58. The molecular weight excluding hydrogens is 284 g/mol. The summed E-state index contributed by atoms with van der Waals surface area (Å²) in [5, 5.41) is 14.1. The van der Waals surface area contributed by atoms with Crippen LogP contribution in [-0.4, -0.2) is 36.4 Å². The molecule has 0 spiro atoms. The van der Waals surface area contributed by atoms with E-state index in [1.165, 1.54) is 18.2 Å². The highest BCUT2D eigenvalue weighted by molar-refractivity contribution is 6.34. The molecule has 7 heteroatoms. The van der Waals surface area contributed by atoms with E-state index in [4.69, 9.17) is 21.4 Å². The summed E-state index contributed by atoms with van der Waals surface area (Å²) in [6.45, 7) is 3.99. The molecule has 0 saturated carbocycles. The van der Waals surface area contributed by atoms with Gasteiger partial charge >= 0.3 is 12.0 Å². The number of amides is 2. The third-order valence-corrected chi connectivity index (χ3v) is 3.00. The van der Waals surface area contributed by atoms with Crippen molar-refractivity contribution in [2.45, 2.75) is 19.4 Å². The first-order valence-electron chi connectivity index (χ1n) is 5.88. The number of nitrogens with one attached hydrogen (secondary N) is 2. The topological polar surface area (TPSA) is 87.7 Å². The van der Waals surface area contributed by atoms with Crippen LogP contribution in [0.15, 0.2) is 18.2 Å². The van der Waals surface area contributed by atoms with Gasteiger partial charge in [0, 0.05) is 13.7 Å². The summed E-state index contributed by atoms with van der Waals surface area (Å²) in [7, 11) is 1.56. The normalized spacial score (nSPS) is 11.0. The number of urea groups is 1. The Balaban J connectivity index is 2.65. The van der Waals surface area contributed by atoms with Gasteiger partial charge in [-0.15, -0.1) is 0 Å². The van der Waals surface area contributed by atoms with E-state index >= 15 is 0 Å². The summed E-state index contributed by atoms with van der Waals surface area (Å²) in [6, 6.07) is 3.63. The van der Waals surface area contributed by atoms with Crippen LogP contribution in [0.4, 0.5) is 10.5 Å². The van der Waals surface area contributed by atoms with Gasteiger partial charge in [0.2, 0.25) is 0 Å². The Labute approximate surface area is 122 Å². The number of methoxy groups -OCH3 is 1. The fourth-order valence-electron chi connectivity index (χ4n) is 1.28. The van der Waals surface area contributed by atoms with Crippen LogP contribution in [0.5, 0.6) is 0 Å². The molecule has 0 aliphatic carbocycles. The first-order valence-corrected chi connectivity index (χ1v) is 6.26. The van der Waals surface area contributed by atoms with Crippen molar-refractivity contribution < 1.29 is 19.4 Å². The van der Waals surface area contributed by atoms with E-state index in [0.717, 1.165) is 0 Å². The number of rotatable bonds is 5. The minimum absolute atomic E-state index is 0.0569. The van der Waals surface area contributed by atoms with E-state index in [1.54, 1.807) is 7.11 Å². The Bertz CT molecular complexity index is 517. The van der Waals surface area contributed by atoms with Gasteiger partial charge in [-0.2, -0.15) is 0 Å². The number of aromatic carboxylic acids is 1. The average molecular weight is 301 g/mol. The molecule has 0 radical (unpaired) electrons. The van der Waals surface area contributed by atoms with Crippen molar-refractivity contribution in [3.63, 3.8) is 0 Å². The van der Waals surface area contributed by atoms with Crippen LogP contribution >= 0.6 is 11.6 Å². The number of carboxylic acid groups (broad SMARTS) is 1. The Morgan fingerprint density at radius 3 is 2.55 bits per heavy atom. The number of benzene rings is 1. The summed E-state index contributed by atoms with van der Waals surface area (Å²) in [4.78, 5) is 22.5. The first kappa shape index (κ1) is 16.3. The number of carbonyl (C=O) groups is 2. The molecule has 2 amide bonds. The number of anilines is 1. The molecule has 0 saturated heterocycles. The molecule has 110 valence electrons. The Kier molecular flexibility index (Phi) is 5.35. The highest BCUT2D eigenvalue weighted by Gasteiger charge is 2.17. The largest absolute Gasteiger partial charge is 0.478 e. The molecule has 0 bridgehead atoms. The standard InChI is InChI=1S/C13H17ClN2O4/c1-13(2,20-3)7-15-12(19)16-10-5-4-8(11(17)18)6-9(10)14/h4-6H,7H2,1-3H3,(H,17,18)(H2,15,16,19). The van der Waals surface area contributed by atoms with Crippen molar-refractivity contribution in [1.29, 1.82) is 0 Å². The lowest BCUT2D eigenvalue weighted by Crippen LogP contribution is -2.41. The molecule has 1 aromatic rings. The number of halogens is 1. The molecular formula is C13H17ClN2O4. The van der Waals surface area contributed by atoms with Crippen molar-refractivity contribution in [2.75, 3.05) is 19.0 Å². The minimum Gasteiger partial charge on any atom is -0.478 e. The zero-order valence-corrected chi connectivity index (χ0v) is 12.2. The smallest absolute Gasteiger partial charge is 0.335 e. The quantitative estimate of drug-likeness (QED) is 0.780. The van der Waals surface area contributed by atoms with Crippen LogP contribution in [0, 0.1) is 0 Å². The van der Waals surface area contributed by atoms with Gasteiger partial charge in [0.05, 0.1) is 21.9 Å². The Hall–Kier alpha value is -1.79. The summed E-state index contributed by atoms with van der Waals surface area (Å²) in [5.41, 5.74) is -0.0836. The van der Waals surface area contributed by atoms with Crippen LogP contribution in [0.3, 0.4) is 0 Å². The second-order valence-electron chi connectivity index (χ2n) is 4.77. The molecule has 0 heterocycles. The number of carboxylic acids is 1. The van der Waals surface area contributed by atoms with Gasteiger partial charge in [-0.3, -0.25) is 0 Å². The SMILES string of the molecule is COC(C)(C)CNC(=O)Nc1ccc(C(=O)O)cc1Cl. The average Bonchev–Trinajstić information content (AvgIpc) is 2.39. The van der Waals surface area contributed by atoms with Gasteiger partial charge in [-0.05, 0) is 32.0 Å². The third-order valence-electron chi connectivity index (χ3n) is 2.69. The van der Waals surface area contributed by atoms with E-state index in [-0.39, 0.29) is 10.6 Å². The number of hydrogen-bond donors (Lipinski definition) is 3. The maximum atomic E-state index is 11.7. The maximum absolute atomic E-state index is 11.7. The molecule has 1 rings (SSSR count). The van der Waals surface area contributed by atoms with Gasteiger partial charge in [-0.1, -0.05) is 11.6 Å². The molecule has 0 aliphatic rings. The zero-order chi connectivity index (χ0) is 15.3. The van der Waals surface area contributed by atoms with E-state index in [2.05, 4.69) is 10.6 Å². The first-order chi connectivity index (χ1) is 9.25. The van der Waals surface area contributed by atoms with Crippen molar-refractivity contribution in [1.82, 2.24) is 5.32 Å². The molecule has 0 fully saturated rings. The maximum Gasteiger partial charge on any atom is 0.335 e. The predicted molar refractivity (Wildman–Crippen MR) is 76.5 cm³/mol. The second-order valence-corrected chi connectivity index (χ2v) is 5.18. The molecule has 0 aromatic heterocycles. The summed E-state index contributed by atoms with van der Waals surface area (Å²) < 4.78 is 5.17. The van der Waals surface area contributed by atoms with E-state index in [9.17, 15) is 9.59 Å². The zero-order valence-electron chi connectivity index (χ0n) is 11.5. The summed E-state index contributed by atoms with van der Waals surface area (Å²) in [6.07, 6.45) is 0. The highest BCUT2D eigenvalue weighted by atomic mass is 35.5. The van der Waals surface area contributed by atoms with Crippen LogP contribution in [0.2, 0.25) is 5.02 Å². The van der Waals surface area contributed by atoms with Gasteiger partial charge in [0.15, 0.2) is 0 Å².